The second-order valence-electron chi connectivity index (χ2n) is 6.50. The third-order valence-electron chi connectivity index (χ3n) is 5.16. The molecule has 0 radical (unpaired) electrons. The van der Waals surface area contributed by atoms with Gasteiger partial charge in [0.1, 0.15) is 0 Å². The van der Waals surface area contributed by atoms with E-state index in [1.165, 1.54) is 83.6 Å². The summed E-state index contributed by atoms with van der Waals surface area (Å²) in [6.45, 7) is 1.26. The molecular weight excluding hydrogens is 206 g/mol. The number of hydrogen-bond donors (Lipinski definition) is 1. The second-order valence-corrected chi connectivity index (χ2v) is 6.50. The molecule has 0 amide bonds. The topological polar surface area (TPSA) is 12.0 Å². The van der Waals surface area contributed by atoms with Crippen LogP contribution in [0.4, 0.5) is 0 Å². The molecule has 0 heterocycles. The highest BCUT2D eigenvalue weighted by Gasteiger charge is 2.51. The molecule has 2 aliphatic rings. The molecule has 1 heteroatoms. The first-order chi connectivity index (χ1) is 8.37. The first-order valence-electron chi connectivity index (χ1n) is 8.02. The minimum absolute atomic E-state index is 0.780. The molecule has 0 aliphatic heterocycles. The normalized spacial score (nSPS) is 30.5. The molecule has 2 saturated carbocycles. The van der Waals surface area contributed by atoms with Crippen molar-refractivity contribution in [3.05, 3.63) is 0 Å². The number of nitrogens with one attached hydrogen (secondary N) is 1. The molecule has 17 heavy (non-hydrogen) atoms. The highest BCUT2D eigenvalue weighted by Crippen LogP contribution is 2.59. The summed E-state index contributed by atoms with van der Waals surface area (Å²) in [5, 5.41) is 3.39. The fourth-order valence-electron chi connectivity index (χ4n) is 3.90. The third-order valence-corrected chi connectivity index (χ3v) is 5.16. The standard InChI is InChI=1S/C16H31N/c1-17-14-15-13-16(15)11-9-7-5-3-2-4-6-8-10-12-16/h15,17H,2-14H2,1H3. The van der Waals surface area contributed by atoms with Crippen LogP contribution in [0.1, 0.15) is 77.0 Å². The number of hydrogen-bond acceptors (Lipinski definition) is 1. The Balaban J connectivity index is 1.78. The summed E-state index contributed by atoms with van der Waals surface area (Å²) in [5.41, 5.74) is 0.780. The minimum Gasteiger partial charge on any atom is -0.319 e. The van der Waals surface area contributed by atoms with Crippen LogP contribution >= 0.6 is 0 Å². The maximum Gasteiger partial charge on any atom is -0.00180 e. The SMILES string of the molecule is CNCC1CC12CCCCCCCCCCC2. The number of rotatable bonds is 2. The van der Waals surface area contributed by atoms with Crippen molar-refractivity contribution in [3.63, 3.8) is 0 Å². The van der Waals surface area contributed by atoms with Gasteiger partial charge in [-0.25, -0.2) is 0 Å². The molecule has 2 fully saturated rings. The van der Waals surface area contributed by atoms with Crippen LogP contribution in [0.2, 0.25) is 0 Å². The Kier molecular flexibility index (Phi) is 5.34. The highest BCUT2D eigenvalue weighted by molar-refractivity contribution is 5.02. The van der Waals surface area contributed by atoms with Gasteiger partial charge < -0.3 is 5.32 Å². The van der Waals surface area contributed by atoms with E-state index in [9.17, 15) is 0 Å². The molecule has 1 spiro atoms. The van der Waals surface area contributed by atoms with Crippen LogP contribution in [0.5, 0.6) is 0 Å². The lowest BCUT2D eigenvalue weighted by Crippen LogP contribution is -2.15. The van der Waals surface area contributed by atoms with E-state index in [4.69, 9.17) is 0 Å². The lowest BCUT2D eigenvalue weighted by atomic mass is 9.88. The van der Waals surface area contributed by atoms with E-state index in [0.717, 1.165) is 11.3 Å². The van der Waals surface area contributed by atoms with Gasteiger partial charge in [0.05, 0.1) is 0 Å². The van der Waals surface area contributed by atoms with Crippen molar-refractivity contribution in [1.29, 1.82) is 0 Å². The average Bonchev–Trinajstić information content (AvgIpc) is 2.98. The van der Waals surface area contributed by atoms with Gasteiger partial charge in [0.2, 0.25) is 0 Å². The zero-order chi connectivity index (χ0) is 12.0. The van der Waals surface area contributed by atoms with E-state index in [-0.39, 0.29) is 0 Å². The van der Waals surface area contributed by atoms with Crippen molar-refractivity contribution in [2.45, 2.75) is 77.0 Å². The predicted molar refractivity (Wildman–Crippen MR) is 75.3 cm³/mol. The zero-order valence-corrected chi connectivity index (χ0v) is 11.8. The molecule has 1 N–H and O–H groups in total. The van der Waals surface area contributed by atoms with Crippen LogP contribution in [0, 0.1) is 11.3 Å². The maximum absolute atomic E-state index is 3.39. The maximum atomic E-state index is 3.39. The van der Waals surface area contributed by atoms with Crippen LogP contribution in [0.25, 0.3) is 0 Å². The molecule has 0 aromatic rings. The van der Waals surface area contributed by atoms with E-state index in [1.54, 1.807) is 0 Å². The van der Waals surface area contributed by atoms with E-state index in [1.807, 2.05) is 0 Å². The van der Waals surface area contributed by atoms with E-state index in [0.29, 0.717) is 0 Å². The molecule has 2 aliphatic carbocycles. The van der Waals surface area contributed by atoms with Crippen LogP contribution in [-0.4, -0.2) is 13.6 Å². The first kappa shape index (κ1) is 13.4. The summed E-state index contributed by atoms with van der Waals surface area (Å²) in [4.78, 5) is 0. The first-order valence-corrected chi connectivity index (χ1v) is 8.02. The Morgan fingerprint density at radius 2 is 1.29 bits per heavy atom. The Morgan fingerprint density at radius 3 is 1.76 bits per heavy atom. The molecule has 1 nitrogen and oxygen atoms in total. The van der Waals surface area contributed by atoms with Gasteiger partial charge in [-0.1, -0.05) is 57.8 Å². The van der Waals surface area contributed by atoms with Crippen LogP contribution in [0.15, 0.2) is 0 Å². The minimum atomic E-state index is 0.780. The van der Waals surface area contributed by atoms with E-state index in [2.05, 4.69) is 12.4 Å². The van der Waals surface area contributed by atoms with Crippen LogP contribution in [0.3, 0.4) is 0 Å². The third kappa shape index (κ3) is 3.98. The molecule has 0 bridgehead atoms. The largest absolute Gasteiger partial charge is 0.319 e. The smallest absolute Gasteiger partial charge is 0.00180 e. The zero-order valence-electron chi connectivity index (χ0n) is 11.8. The summed E-state index contributed by atoms with van der Waals surface area (Å²) in [6, 6.07) is 0. The summed E-state index contributed by atoms with van der Waals surface area (Å²) in [7, 11) is 2.11. The summed E-state index contributed by atoms with van der Waals surface area (Å²) < 4.78 is 0. The second kappa shape index (κ2) is 6.78. The lowest BCUT2D eigenvalue weighted by molar-refractivity contribution is 0.342. The molecule has 0 aromatic heterocycles. The summed E-state index contributed by atoms with van der Waals surface area (Å²) in [5.74, 6) is 1.01. The van der Waals surface area contributed by atoms with Gasteiger partial charge in [0, 0.05) is 0 Å². The average molecular weight is 237 g/mol. The molecular formula is C16H31N. The van der Waals surface area contributed by atoms with Crippen molar-refractivity contribution in [1.82, 2.24) is 5.32 Å². The van der Waals surface area contributed by atoms with Gasteiger partial charge in [0.25, 0.3) is 0 Å². The van der Waals surface area contributed by atoms with E-state index >= 15 is 0 Å². The molecule has 0 aromatic carbocycles. The Hall–Kier alpha value is -0.0400. The van der Waals surface area contributed by atoms with Gasteiger partial charge >= 0.3 is 0 Å². The van der Waals surface area contributed by atoms with Gasteiger partial charge in [0.15, 0.2) is 0 Å². The van der Waals surface area contributed by atoms with Crippen molar-refractivity contribution in [2.75, 3.05) is 13.6 Å². The fraction of sp³-hybridized carbons (Fsp3) is 1.00. The van der Waals surface area contributed by atoms with Gasteiger partial charge in [-0.3, -0.25) is 0 Å². The predicted octanol–water partition coefficient (Wildman–Crippen LogP) is 4.52. The molecule has 100 valence electrons. The van der Waals surface area contributed by atoms with Crippen LogP contribution < -0.4 is 5.32 Å². The van der Waals surface area contributed by atoms with E-state index < -0.39 is 0 Å². The Labute approximate surface area is 108 Å². The lowest BCUT2D eigenvalue weighted by Gasteiger charge is -2.18. The Morgan fingerprint density at radius 1 is 0.824 bits per heavy atom. The Bertz CT molecular complexity index is 200. The molecule has 2 rings (SSSR count). The quantitative estimate of drug-likeness (QED) is 0.744. The van der Waals surface area contributed by atoms with Crippen molar-refractivity contribution in [2.24, 2.45) is 11.3 Å². The summed E-state index contributed by atoms with van der Waals surface area (Å²) >= 11 is 0. The van der Waals surface area contributed by atoms with Gasteiger partial charge in [-0.2, -0.15) is 0 Å². The fourth-order valence-corrected chi connectivity index (χ4v) is 3.90. The van der Waals surface area contributed by atoms with Crippen molar-refractivity contribution in [3.8, 4) is 0 Å². The van der Waals surface area contributed by atoms with Gasteiger partial charge in [-0.15, -0.1) is 0 Å². The monoisotopic (exact) mass is 237 g/mol. The highest BCUT2D eigenvalue weighted by atomic mass is 14.8. The van der Waals surface area contributed by atoms with Crippen molar-refractivity contribution >= 4 is 0 Å². The molecule has 1 atom stereocenters. The van der Waals surface area contributed by atoms with Gasteiger partial charge in [-0.05, 0) is 44.2 Å². The molecule has 0 saturated heterocycles. The molecule has 1 unspecified atom stereocenters. The summed E-state index contributed by atoms with van der Waals surface area (Å²) in [6.07, 6.45) is 18.0. The van der Waals surface area contributed by atoms with Crippen LogP contribution in [-0.2, 0) is 0 Å². The van der Waals surface area contributed by atoms with Crippen molar-refractivity contribution < 1.29 is 0 Å².